The van der Waals surface area contributed by atoms with E-state index < -0.39 is 0 Å². The van der Waals surface area contributed by atoms with E-state index in [1.165, 1.54) is 9.48 Å². The van der Waals surface area contributed by atoms with Gasteiger partial charge in [-0.1, -0.05) is 11.6 Å². The number of carbonyl (C=O) groups is 1. The summed E-state index contributed by atoms with van der Waals surface area (Å²) in [5.41, 5.74) is 0.243. The van der Waals surface area contributed by atoms with E-state index in [1.807, 2.05) is 0 Å². The Balaban J connectivity index is 1.77. The molecule has 0 bridgehead atoms. The minimum absolute atomic E-state index is 0.224. The highest BCUT2D eigenvalue weighted by molar-refractivity contribution is 6.33. The largest absolute Gasteiger partial charge is 0.366 e. The molecule has 2 aromatic heterocycles. The number of hydrogen-bond donors (Lipinski definition) is 0. The summed E-state index contributed by atoms with van der Waals surface area (Å²) in [4.78, 5) is 15.5. The van der Waals surface area contributed by atoms with Crippen LogP contribution >= 0.6 is 11.6 Å². The van der Waals surface area contributed by atoms with Gasteiger partial charge in [0.1, 0.15) is 6.10 Å². The van der Waals surface area contributed by atoms with E-state index in [4.69, 9.17) is 16.3 Å². The molecule has 0 N–H and O–H groups in total. The standard InChI is InChI=1S/C11H14ClN7O2/c1-17-5-7(12)9(14-17)11(20)19-3-4-21-8(6-19)10-13-16-18(2)15-10/h5,8H,3-4,6H2,1-2H3. The molecule has 1 fully saturated rings. The molecule has 9 nitrogen and oxygen atoms in total. The minimum atomic E-state index is -0.390. The summed E-state index contributed by atoms with van der Waals surface area (Å²) in [6.07, 6.45) is 1.20. The maximum absolute atomic E-state index is 12.5. The van der Waals surface area contributed by atoms with Crippen LogP contribution in [0, 0.1) is 0 Å². The van der Waals surface area contributed by atoms with Crippen molar-refractivity contribution >= 4 is 17.5 Å². The molecule has 10 heteroatoms. The lowest BCUT2D eigenvalue weighted by Crippen LogP contribution is -2.42. The zero-order chi connectivity index (χ0) is 15.0. The van der Waals surface area contributed by atoms with Crippen molar-refractivity contribution in [3.05, 3.63) is 22.7 Å². The molecule has 0 aromatic carbocycles. The first-order chi connectivity index (χ1) is 10.0. The van der Waals surface area contributed by atoms with E-state index in [1.54, 1.807) is 25.2 Å². The van der Waals surface area contributed by atoms with Crippen molar-refractivity contribution in [1.82, 2.24) is 34.9 Å². The second-order valence-electron chi connectivity index (χ2n) is 4.75. The molecule has 21 heavy (non-hydrogen) atoms. The second-order valence-corrected chi connectivity index (χ2v) is 5.15. The van der Waals surface area contributed by atoms with Crippen LogP contribution in [0.4, 0.5) is 0 Å². The number of aromatic nitrogens is 6. The van der Waals surface area contributed by atoms with Gasteiger partial charge in [0.05, 0.1) is 25.2 Å². The van der Waals surface area contributed by atoms with Crippen molar-refractivity contribution in [1.29, 1.82) is 0 Å². The molecule has 1 amide bonds. The first-order valence-corrected chi connectivity index (χ1v) is 6.76. The van der Waals surface area contributed by atoms with Crippen LogP contribution in [0.1, 0.15) is 22.4 Å². The summed E-state index contributed by atoms with van der Waals surface area (Å²) in [7, 11) is 3.39. The molecule has 0 aliphatic carbocycles. The SMILES string of the molecule is Cn1cc(Cl)c(C(=O)N2CCOC(c3nnn(C)n3)C2)n1. The van der Waals surface area contributed by atoms with Crippen molar-refractivity contribution < 1.29 is 9.53 Å². The monoisotopic (exact) mass is 311 g/mol. The number of carbonyl (C=O) groups excluding carboxylic acids is 1. The van der Waals surface area contributed by atoms with E-state index in [0.717, 1.165) is 0 Å². The summed E-state index contributed by atoms with van der Waals surface area (Å²) in [6, 6.07) is 0. The van der Waals surface area contributed by atoms with Gasteiger partial charge >= 0.3 is 0 Å². The summed E-state index contributed by atoms with van der Waals surface area (Å²) in [6.45, 7) is 1.22. The van der Waals surface area contributed by atoms with Crippen molar-refractivity contribution in [2.75, 3.05) is 19.7 Å². The molecule has 3 heterocycles. The molecule has 0 radical (unpaired) electrons. The second kappa shape index (κ2) is 5.41. The van der Waals surface area contributed by atoms with Gasteiger partial charge in [-0.2, -0.15) is 9.90 Å². The van der Waals surface area contributed by atoms with E-state index >= 15 is 0 Å². The molecule has 1 saturated heterocycles. The Hall–Kier alpha value is -2.00. The Bertz CT molecular complexity index is 667. The number of amides is 1. The molecule has 0 saturated carbocycles. The minimum Gasteiger partial charge on any atom is -0.366 e. The highest BCUT2D eigenvalue weighted by Crippen LogP contribution is 2.22. The van der Waals surface area contributed by atoms with Gasteiger partial charge in [0.2, 0.25) is 5.82 Å². The highest BCUT2D eigenvalue weighted by atomic mass is 35.5. The fourth-order valence-electron chi connectivity index (χ4n) is 2.17. The number of nitrogens with zero attached hydrogens (tertiary/aromatic N) is 7. The van der Waals surface area contributed by atoms with Gasteiger partial charge < -0.3 is 9.64 Å². The van der Waals surface area contributed by atoms with Crippen LogP contribution in [0.5, 0.6) is 0 Å². The van der Waals surface area contributed by atoms with E-state index in [2.05, 4.69) is 20.5 Å². The number of ether oxygens (including phenoxy) is 1. The Morgan fingerprint density at radius 1 is 1.43 bits per heavy atom. The van der Waals surface area contributed by atoms with Crippen LogP contribution in [0.25, 0.3) is 0 Å². The Morgan fingerprint density at radius 2 is 2.24 bits per heavy atom. The summed E-state index contributed by atoms with van der Waals surface area (Å²) >= 11 is 6.02. The predicted octanol–water partition coefficient (Wildman–Crippen LogP) is -0.189. The molecule has 1 atom stereocenters. The van der Waals surface area contributed by atoms with Gasteiger partial charge in [-0.15, -0.1) is 10.2 Å². The first-order valence-electron chi connectivity index (χ1n) is 6.38. The highest BCUT2D eigenvalue weighted by Gasteiger charge is 2.30. The average molecular weight is 312 g/mol. The van der Waals surface area contributed by atoms with Gasteiger partial charge in [-0.05, 0) is 5.21 Å². The van der Waals surface area contributed by atoms with Crippen molar-refractivity contribution in [3.8, 4) is 0 Å². The summed E-state index contributed by atoms with van der Waals surface area (Å²) < 4.78 is 7.11. The third kappa shape index (κ3) is 2.74. The topological polar surface area (TPSA) is 91.0 Å². The van der Waals surface area contributed by atoms with Crippen LogP contribution in [-0.2, 0) is 18.8 Å². The maximum Gasteiger partial charge on any atom is 0.276 e. The maximum atomic E-state index is 12.5. The van der Waals surface area contributed by atoms with Gasteiger partial charge in [0.15, 0.2) is 5.69 Å². The zero-order valence-electron chi connectivity index (χ0n) is 11.6. The third-order valence-corrected chi connectivity index (χ3v) is 3.43. The van der Waals surface area contributed by atoms with Gasteiger partial charge in [0, 0.05) is 19.8 Å². The molecular formula is C11H14ClN7O2. The van der Waals surface area contributed by atoms with Crippen LogP contribution in [0.2, 0.25) is 5.02 Å². The number of rotatable bonds is 2. The van der Waals surface area contributed by atoms with Crippen LogP contribution in [0.3, 0.4) is 0 Å². The molecule has 1 aliphatic heterocycles. The van der Waals surface area contributed by atoms with E-state index in [0.29, 0.717) is 30.5 Å². The number of aryl methyl sites for hydroxylation is 2. The third-order valence-electron chi connectivity index (χ3n) is 3.15. The van der Waals surface area contributed by atoms with Crippen LogP contribution in [-0.4, -0.2) is 60.5 Å². The normalized spacial score (nSPS) is 19.0. The fraction of sp³-hybridized carbons (Fsp3) is 0.545. The van der Waals surface area contributed by atoms with E-state index in [9.17, 15) is 4.79 Å². The number of tetrazole rings is 1. The molecule has 112 valence electrons. The smallest absolute Gasteiger partial charge is 0.276 e. The lowest BCUT2D eigenvalue weighted by molar-refractivity contribution is -0.0271. The summed E-state index contributed by atoms with van der Waals surface area (Å²) in [5.74, 6) is 0.236. The van der Waals surface area contributed by atoms with Gasteiger partial charge in [0.25, 0.3) is 5.91 Å². The lowest BCUT2D eigenvalue weighted by Gasteiger charge is -2.31. The predicted molar refractivity (Wildman–Crippen MR) is 71.6 cm³/mol. The van der Waals surface area contributed by atoms with Crippen molar-refractivity contribution in [2.24, 2.45) is 14.1 Å². The van der Waals surface area contributed by atoms with Crippen molar-refractivity contribution in [3.63, 3.8) is 0 Å². The fourth-order valence-corrected chi connectivity index (χ4v) is 2.43. The van der Waals surface area contributed by atoms with Gasteiger partial charge in [-0.3, -0.25) is 9.48 Å². The Kier molecular flexibility index (Phi) is 3.60. The van der Waals surface area contributed by atoms with Crippen LogP contribution in [0.15, 0.2) is 6.20 Å². The number of hydrogen-bond acceptors (Lipinski definition) is 6. The summed E-state index contributed by atoms with van der Waals surface area (Å²) in [5, 5.41) is 16.2. The Morgan fingerprint density at radius 3 is 2.86 bits per heavy atom. The molecular weight excluding hydrogens is 298 g/mol. The lowest BCUT2D eigenvalue weighted by atomic mass is 10.2. The number of halogens is 1. The molecule has 1 aliphatic rings. The quantitative estimate of drug-likeness (QED) is 0.763. The molecule has 3 rings (SSSR count). The van der Waals surface area contributed by atoms with Crippen molar-refractivity contribution in [2.45, 2.75) is 6.10 Å². The molecule has 0 spiro atoms. The Labute approximate surface area is 125 Å². The number of morpholine rings is 1. The zero-order valence-corrected chi connectivity index (χ0v) is 12.4. The molecule has 2 aromatic rings. The van der Waals surface area contributed by atoms with E-state index in [-0.39, 0.29) is 17.7 Å². The van der Waals surface area contributed by atoms with Gasteiger partial charge in [-0.25, -0.2) is 0 Å². The molecule has 1 unspecified atom stereocenters. The average Bonchev–Trinajstić information content (AvgIpc) is 3.04. The first kappa shape index (κ1) is 14.0. The van der Waals surface area contributed by atoms with Crippen LogP contribution < -0.4 is 0 Å².